The highest BCUT2D eigenvalue weighted by Crippen LogP contribution is 2.28. The van der Waals surface area contributed by atoms with Crippen LogP contribution in [0.25, 0.3) is 10.8 Å². The van der Waals surface area contributed by atoms with Crippen molar-refractivity contribution in [1.82, 2.24) is 4.98 Å². The predicted molar refractivity (Wildman–Crippen MR) is 104 cm³/mol. The summed E-state index contributed by atoms with van der Waals surface area (Å²) in [5.74, 6) is 0. The molecule has 0 unspecified atom stereocenters. The lowest BCUT2D eigenvalue weighted by molar-refractivity contribution is 1.09. The average Bonchev–Trinajstić information content (AvgIpc) is 2.70. The van der Waals surface area contributed by atoms with Gasteiger partial charge in [-0.25, -0.2) is 5.01 Å². The van der Waals surface area contributed by atoms with E-state index >= 15 is 0 Å². The minimum absolute atomic E-state index is 0.823. The summed E-state index contributed by atoms with van der Waals surface area (Å²) in [6.07, 6.45) is 3.55. The van der Waals surface area contributed by atoms with Crippen molar-refractivity contribution in [1.29, 1.82) is 0 Å². The lowest BCUT2D eigenvalue weighted by Crippen LogP contribution is -2.09. The van der Waals surface area contributed by atoms with Crippen LogP contribution in [-0.4, -0.2) is 11.2 Å². The number of nitrogens with zero attached hydrogens (tertiary/aromatic N) is 3. The molecular weight excluding hydrogens is 306 g/mol. The van der Waals surface area contributed by atoms with Gasteiger partial charge >= 0.3 is 0 Å². The zero-order chi connectivity index (χ0) is 16.9. The van der Waals surface area contributed by atoms with Crippen LogP contribution in [0.1, 0.15) is 5.69 Å². The van der Waals surface area contributed by atoms with Gasteiger partial charge in [0.1, 0.15) is 0 Å². The number of rotatable bonds is 4. The van der Waals surface area contributed by atoms with Crippen molar-refractivity contribution in [3.8, 4) is 0 Å². The molecule has 1 aromatic heterocycles. The molecule has 0 fully saturated rings. The van der Waals surface area contributed by atoms with E-state index in [1.165, 1.54) is 10.8 Å². The maximum Gasteiger partial charge on any atom is 0.0830 e. The molecule has 0 N–H and O–H groups in total. The number of anilines is 2. The summed E-state index contributed by atoms with van der Waals surface area (Å²) in [6, 6.07) is 30.6. The van der Waals surface area contributed by atoms with Crippen LogP contribution in [0.15, 0.2) is 102 Å². The zero-order valence-electron chi connectivity index (χ0n) is 13.7. The monoisotopic (exact) mass is 323 g/mol. The van der Waals surface area contributed by atoms with Gasteiger partial charge in [-0.15, -0.1) is 0 Å². The highest BCUT2D eigenvalue weighted by Gasteiger charge is 2.08. The predicted octanol–water partition coefficient (Wildman–Crippen LogP) is 5.41. The Hall–Kier alpha value is -3.46. The van der Waals surface area contributed by atoms with E-state index in [2.05, 4.69) is 52.5 Å². The molecule has 0 atom stereocenters. The number of para-hydroxylation sites is 1. The van der Waals surface area contributed by atoms with Crippen molar-refractivity contribution < 1.29 is 0 Å². The van der Waals surface area contributed by atoms with E-state index in [0.717, 1.165) is 17.1 Å². The normalized spacial score (nSPS) is 11.0. The maximum absolute atomic E-state index is 4.69. The summed E-state index contributed by atoms with van der Waals surface area (Å²) in [5.41, 5.74) is 2.84. The lowest BCUT2D eigenvalue weighted by atomic mass is 10.1. The molecule has 3 nitrogen and oxygen atoms in total. The number of fused-ring (bicyclic) bond motifs is 1. The molecule has 3 aromatic carbocycles. The first-order chi connectivity index (χ1) is 12.4. The van der Waals surface area contributed by atoms with Gasteiger partial charge < -0.3 is 0 Å². The smallest absolute Gasteiger partial charge is 0.0830 e. The fraction of sp³-hybridized carbons (Fsp3) is 0. The second-order valence-electron chi connectivity index (χ2n) is 5.68. The zero-order valence-corrected chi connectivity index (χ0v) is 13.7. The minimum atomic E-state index is 0.823. The standard InChI is InChI=1S/C22H17N3/c1-2-11-21(12-3-1)25(24-17-20-10-6-7-15-23-20)22-14-13-18-8-4-5-9-19(18)16-22/h1-17H/b24-17+. The molecule has 4 rings (SSSR count). The Kier molecular flexibility index (Phi) is 4.21. The summed E-state index contributed by atoms with van der Waals surface area (Å²) in [6.45, 7) is 0. The van der Waals surface area contributed by atoms with Crippen LogP contribution in [0.5, 0.6) is 0 Å². The van der Waals surface area contributed by atoms with E-state index in [0.29, 0.717) is 0 Å². The summed E-state index contributed by atoms with van der Waals surface area (Å²) >= 11 is 0. The maximum atomic E-state index is 4.69. The van der Waals surface area contributed by atoms with Gasteiger partial charge in [-0.2, -0.15) is 5.10 Å². The van der Waals surface area contributed by atoms with Gasteiger partial charge in [0.15, 0.2) is 0 Å². The molecule has 3 heteroatoms. The SMILES string of the molecule is C(=N\N(c1ccccc1)c1ccc2ccccc2c1)/c1ccccn1. The van der Waals surface area contributed by atoms with Crippen molar-refractivity contribution in [3.05, 3.63) is 103 Å². The summed E-state index contributed by atoms with van der Waals surface area (Å²) in [5, 5.41) is 9.02. The summed E-state index contributed by atoms with van der Waals surface area (Å²) in [7, 11) is 0. The molecule has 4 aromatic rings. The Labute approximate surface area is 146 Å². The molecule has 120 valence electrons. The first-order valence-corrected chi connectivity index (χ1v) is 8.19. The molecule has 0 saturated carbocycles. The van der Waals surface area contributed by atoms with Crippen LogP contribution in [0.4, 0.5) is 11.4 Å². The average molecular weight is 323 g/mol. The van der Waals surface area contributed by atoms with Gasteiger partial charge in [-0.05, 0) is 47.2 Å². The second-order valence-corrected chi connectivity index (χ2v) is 5.68. The molecule has 25 heavy (non-hydrogen) atoms. The number of hydrazone groups is 1. The number of hydrogen-bond donors (Lipinski definition) is 0. The Morgan fingerprint density at radius 1 is 0.680 bits per heavy atom. The minimum Gasteiger partial charge on any atom is -0.255 e. The van der Waals surface area contributed by atoms with Crippen LogP contribution in [0.3, 0.4) is 0 Å². The third-order valence-corrected chi connectivity index (χ3v) is 3.97. The molecule has 0 saturated heterocycles. The molecule has 0 aliphatic heterocycles. The first kappa shape index (κ1) is 15.1. The lowest BCUT2D eigenvalue weighted by Gasteiger charge is -2.19. The molecule has 0 radical (unpaired) electrons. The number of aromatic nitrogens is 1. The molecule has 1 heterocycles. The summed E-state index contributed by atoms with van der Waals surface area (Å²) < 4.78 is 0. The Bertz CT molecular complexity index is 995. The van der Waals surface area contributed by atoms with Crippen molar-refractivity contribution >= 4 is 28.4 Å². The molecular formula is C22H17N3. The van der Waals surface area contributed by atoms with Gasteiger partial charge in [-0.3, -0.25) is 4.98 Å². The largest absolute Gasteiger partial charge is 0.255 e. The number of pyridine rings is 1. The molecule has 0 aliphatic carbocycles. The Balaban J connectivity index is 1.77. The highest BCUT2D eigenvalue weighted by molar-refractivity contribution is 5.87. The second kappa shape index (κ2) is 6.97. The van der Waals surface area contributed by atoms with E-state index in [1.54, 1.807) is 12.4 Å². The van der Waals surface area contributed by atoms with Gasteiger partial charge in [-0.1, -0.05) is 54.6 Å². The molecule has 0 aliphatic rings. The Morgan fingerprint density at radius 2 is 1.44 bits per heavy atom. The van der Waals surface area contributed by atoms with E-state index in [9.17, 15) is 0 Å². The van der Waals surface area contributed by atoms with Crippen LogP contribution in [0.2, 0.25) is 0 Å². The van der Waals surface area contributed by atoms with Crippen LogP contribution >= 0.6 is 0 Å². The third kappa shape index (κ3) is 3.40. The molecule has 0 bridgehead atoms. The van der Waals surface area contributed by atoms with Crippen molar-refractivity contribution in [3.63, 3.8) is 0 Å². The van der Waals surface area contributed by atoms with Crippen LogP contribution < -0.4 is 5.01 Å². The van der Waals surface area contributed by atoms with Gasteiger partial charge in [0.2, 0.25) is 0 Å². The van der Waals surface area contributed by atoms with E-state index in [1.807, 2.05) is 53.5 Å². The fourth-order valence-electron chi connectivity index (χ4n) is 2.73. The first-order valence-electron chi connectivity index (χ1n) is 8.19. The van der Waals surface area contributed by atoms with Gasteiger partial charge in [0.05, 0.1) is 23.3 Å². The number of hydrogen-bond acceptors (Lipinski definition) is 3. The van der Waals surface area contributed by atoms with Crippen molar-refractivity contribution in [2.45, 2.75) is 0 Å². The Morgan fingerprint density at radius 3 is 2.24 bits per heavy atom. The topological polar surface area (TPSA) is 28.5 Å². The summed E-state index contributed by atoms with van der Waals surface area (Å²) in [4.78, 5) is 4.31. The van der Waals surface area contributed by atoms with Crippen LogP contribution in [-0.2, 0) is 0 Å². The molecule has 0 amide bonds. The number of benzene rings is 3. The highest BCUT2D eigenvalue weighted by atomic mass is 15.5. The van der Waals surface area contributed by atoms with E-state index in [4.69, 9.17) is 0 Å². The quantitative estimate of drug-likeness (QED) is 0.371. The molecule has 0 spiro atoms. The van der Waals surface area contributed by atoms with E-state index < -0.39 is 0 Å². The van der Waals surface area contributed by atoms with Gasteiger partial charge in [0.25, 0.3) is 0 Å². The van der Waals surface area contributed by atoms with Gasteiger partial charge in [0, 0.05) is 6.20 Å². The van der Waals surface area contributed by atoms with E-state index in [-0.39, 0.29) is 0 Å². The third-order valence-electron chi connectivity index (χ3n) is 3.97. The van der Waals surface area contributed by atoms with Crippen molar-refractivity contribution in [2.75, 3.05) is 5.01 Å². The van der Waals surface area contributed by atoms with Crippen LogP contribution in [0, 0.1) is 0 Å². The van der Waals surface area contributed by atoms with Crippen molar-refractivity contribution in [2.24, 2.45) is 5.10 Å². The fourth-order valence-corrected chi connectivity index (χ4v) is 2.73.